The maximum absolute atomic E-state index is 11.0. The van der Waals surface area contributed by atoms with E-state index >= 15 is 0 Å². The molecular formula is C24H30Cl2N6O2S. The summed E-state index contributed by atoms with van der Waals surface area (Å²) < 4.78 is 1.87. The lowest BCUT2D eigenvalue weighted by Crippen LogP contribution is -2.36. The van der Waals surface area contributed by atoms with Gasteiger partial charge in [-0.25, -0.2) is 9.78 Å². The molecule has 0 radical (unpaired) electrons. The fourth-order valence-electron chi connectivity index (χ4n) is 5.58. The Hall–Kier alpha value is -2.23. The Bertz CT molecular complexity index is 1290. The van der Waals surface area contributed by atoms with E-state index in [1.165, 1.54) is 11.3 Å². The number of nitrogens with zero attached hydrogens (tertiary/aromatic N) is 4. The van der Waals surface area contributed by atoms with Gasteiger partial charge in [-0.05, 0) is 31.7 Å². The Morgan fingerprint density at radius 3 is 2.51 bits per heavy atom. The van der Waals surface area contributed by atoms with Crippen LogP contribution in [0.2, 0.25) is 10.0 Å². The first kappa shape index (κ1) is 24.5. The summed E-state index contributed by atoms with van der Waals surface area (Å²) in [4.78, 5) is 18.9. The Morgan fingerprint density at radius 1 is 1.20 bits per heavy atom. The molecule has 1 aliphatic carbocycles. The molecule has 3 heterocycles. The van der Waals surface area contributed by atoms with Crippen LogP contribution in [0.15, 0.2) is 18.2 Å². The molecule has 1 aromatic carbocycles. The third-order valence-electron chi connectivity index (χ3n) is 6.58. The first-order valence-corrected chi connectivity index (χ1v) is 13.3. The molecule has 1 amide bonds. The number of fused-ring (bicyclic) bond motifs is 2. The van der Waals surface area contributed by atoms with Gasteiger partial charge in [-0.1, -0.05) is 67.4 Å². The van der Waals surface area contributed by atoms with Crippen molar-refractivity contribution >= 4 is 56.5 Å². The maximum atomic E-state index is 11.0. The van der Waals surface area contributed by atoms with Gasteiger partial charge in [0.05, 0.1) is 10.0 Å². The molecule has 1 aliphatic heterocycles. The molecule has 0 bridgehead atoms. The monoisotopic (exact) mass is 536 g/mol. The van der Waals surface area contributed by atoms with Crippen LogP contribution in [-0.4, -0.2) is 50.5 Å². The quantitative estimate of drug-likeness (QED) is 0.352. The Labute approximate surface area is 218 Å². The number of hydrogen-bond acceptors (Lipinski definition) is 6. The van der Waals surface area contributed by atoms with Gasteiger partial charge >= 0.3 is 6.09 Å². The molecule has 3 N–H and O–H groups in total. The molecule has 188 valence electrons. The van der Waals surface area contributed by atoms with Crippen LogP contribution in [0.5, 0.6) is 0 Å². The largest absolute Gasteiger partial charge is 0.465 e. The summed E-state index contributed by atoms with van der Waals surface area (Å²) in [5.41, 5.74) is 1.37. The third-order valence-corrected chi connectivity index (χ3v) is 8.37. The van der Waals surface area contributed by atoms with E-state index in [9.17, 15) is 4.79 Å². The van der Waals surface area contributed by atoms with Crippen molar-refractivity contribution in [2.24, 2.45) is 17.3 Å². The van der Waals surface area contributed by atoms with Crippen molar-refractivity contribution in [1.29, 1.82) is 0 Å². The summed E-state index contributed by atoms with van der Waals surface area (Å²) in [5.74, 6) is 1.47. The lowest BCUT2D eigenvalue weighted by Gasteiger charge is -2.34. The van der Waals surface area contributed by atoms with Crippen molar-refractivity contribution in [3.8, 4) is 11.3 Å². The van der Waals surface area contributed by atoms with Gasteiger partial charge < -0.3 is 20.6 Å². The van der Waals surface area contributed by atoms with Crippen molar-refractivity contribution in [2.45, 2.75) is 52.6 Å². The highest BCUT2D eigenvalue weighted by atomic mass is 35.5. The van der Waals surface area contributed by atoms with Crippen LogP contribution in [0, 0.1) is 17.3 Å². The van der Waals surface area contributed by atoms with Gasteiger partial charge in [-0.2, -0.15) is 4.52 Å². The van der Waals surface area contributed by atoms with Crippen molar-refractivity contribution in [3.05, 3.63) is 28.2 Å². The van der Waals surface area contributed by atoms with Gasteiger partial charge in [0.15, 0.2) is 5.82 Å². The number of hydrogen-bond donors (Lipinski definition) is 3. The average molecular weight is 538 g/mol. The van der Waals surface area contributed by atoms with Crippen LogP contribution < -0.4 is 15.5 Å². The predicted octanol–water partition coefficient (Wildman–Crippen LogP) is 6.09. The summed E-state index contributed by atoms with van der Waals surface area (Å²) in [6.07, 6.45) is -0.0233. The van der Waals surface area contributed by atoms with Gasteiger partial charge in [-0.15, -0.1) is 5.10 Å². The Morgan fingerprint density at radius 2 is 1.89 bits per heavy atom. The fourth-order valence-corrected chi connectivity index (χ4v) is 6.89. The van der Waals surface area contributed by atoms with E-state index in [1.807, 2.05) is 16.6 Å². The molecule has 8 nitrogen and oxygen atoms in total. The minimum atomic E-state index is -0.954. The zero-order valence-corrected chi connectivity index (χ0v) is 22.7. The van der Waals surface area contributed by atoms with E-state index in [1.54, 1.807) is 6.07 Å². The lowest BCUT2D eigenvalue weighted by molar-refractivity contribution is 0.192. The summed E-state index contributed by atoms with van der Waals surface area (Å²) in [7, 11) is 0. The van der Waals surface area contributed by atoms with Gasteiger partial charge in [0.2, 0.25) is 10.1 Å². The van der Waals surface area contributed by atoms with E-state index in [-0.39, 0.29) is 17.0 Å². The molecule has 3 aromatic rings. The van der Waals surface area contributed by atoms with Crippen LogP contribution in [0.25, 0.3) is 16.2 Å². The van der Waals surface area contributed by atoms with Crippen LogP contribution >= 0.6 is 34.5 Å². The highest BCUT2D eigenvalue weighted by Crippen LogP contribution is 2.48. The second-order valence-electron chi connectivity index (χ2n) is 11.4. The molecule has 2 aromatic heterocycles. The standard InChI is InChI=1S/C24H30Cl2N6O2S/c1-23(2,3)11-24(4,5)29-19-18(12-7-6-8-15(25)16(12)26)27-20-32(19)30-21(35-20)31-9-13-14(10-31)17(13)28-22(33)34/h6-8,13-14,17,28-29H,9-11H2,1-5H3,(H,33,34)/t13-,14+,17?. The molecule has 2 aliphatic rings. The molecule has 1 saturated heterocycles. The summed E-state index contributed by atoms with van der Waals surface area (Å²) in [6.45, 7) is 12.6. The van der Waals surface area contributed by atoms with Gasteiger partial charge in [0.1, 0.15) is 5.69 Å². The fraction of sp³-hybridized carbons (Fsp3) is 0.542. The van der Waals surface area contributed by atoms with E-state index < -0.39 is 6.09 Å². The van der Waals surface area contributed by atoms with E-state index in [4.69, 9.17) is 38.4 Å². The Kier molecular flexibility index (Phi) is 5.89. The number of nitrogens with one attached hydrogen (secondary N) is 2. The van der Waals surface area contributed by atoms with Crippen LogP contribution in [0.4, 0.5) is 15.7 Å². The smallest absolute Gasteiger partial charge is 0.404 e. The maximum Gasteiger partial charge on any atom is 0.404 e. The summed E-state index contributed by atoms with van der Waals surface area (Å²) in [6, 6.07) is 5.62. The molecule has 2 fully saturated rings. The van der Waals surface area contributed by atoms with E-state index in [2.05, 4.69) is 50.2 Å². The molecule has 1 saturated carbocycles. The average Bonchev–Trinajstić information content (AvgIpc) is 3.11. The second-order valence-corrected chi connectivity index (χ2v) is 13.2. The number of halogens is 2. The highest BCUT2D eigenvalue weighted by molar-refractivity contribution is 7.20. The number of benzene rings is 1. The minimum Gasteiger partial charge on any atom is -0.465 e. The summed E-state index contributed by atoms with van der Waals surface area (Å²) in [5, 5.41) is 22.1. The van der Waals surface area contributed by atoms with Crippen molar-refractivity contribution < 1.29 is 9.90 Å². The molecule has 5 rings (SSSR count). The number of imidazole rings is 1. The minimum absolute atomic E-state index is 0.0554. The van der Waals surface area contributed by atoms with Crippen molar-refractivity contribution in [1.82, 2.24) is 19.9 Å². The van der Waals surface area contributed by atoms with Crippen molar-refractivity contribution in [2.75, 3.05) is 23.3 Å². The zero-order chi connectivity index (χ0) is 25.3. The van der Waals surface area contributed by atoms with Gasteiger partial charge in [0, 0.05) is 42.1 Å². The van der Waals surface area contributed by atoms with E-state index in [0.717, 1.165) is 46.7 Å². The number of amides is 1. The molecule has 11 heteroatoms. The first-order valence-electron chi connectivity index (χ1n) is 11.7. The zero-order valence-electron chi connectivity index (χ0n) is 20.4. The molecule has 3 atom stereocenters. The number of piperidine rings is 1. The lowest BCUT2D eigenvalue weighted by atomic mass is 9.82. The number of aromatic nitrogens is 3. The number of anilines is 2. The SMILES string of the molecule is CC(C)(C)CC(C)(C)Nc1c(-c2cccc(Cl)c2Cl)nc2sc(N3C[C@@H]4C(NC(=O)O)[C@@H]4C3)nn12. The highest BCUT2D eigenvalue weighted by Gasteiger charge is 2.57. The van der Waals surface area contributed by atoms with Gasteiger partial charge in [0.25, 0.3) is 0 Å². The Balaban J connectivity index is 1.50. The second kappa shape index (κ2) is 8.42. The molecule has 0 spiro atoms. The summed E-state index contributed by atoms with van der Waals surface area (Å²) >= 11 is 14.5. The number of carboxylic acid groups (broad SMARTS) is 1. The van der Waals surface area contributed by atoms with Crippen LogP contribution in [-0.2, 0) is 0 Å². The molecule has 35 heavy (non-hydrogen) atoms. The van der Waals surface area contributed by atoms with Crippen molar-refractivity contribution in [3.63, 3.8) is 0 Å². The third kappa shape index (κ3) is 4.78. The number of carbonyl (C=O) groups is 1. The normalized spacial score (nSPS) is 21.9. The van der Waals surface area contributed by atoms with Crippen LogP contribution in [0.3, 0.4) is 0 Å². The van der Waals surface area contributed by atoms with Crippen LogP contribution in [0.1, 0.15) is 41.0 Å². The molecule has 1 unspecified atom stereocenters. The number of rotatable bonds is 6. The predicted molar refractivity (Wildman–Crippen MR) is 142 cm³/mol. The molecular weight excluding hydrogens is 507 g/mol. The van der Waals surface area contributed by atoms with Gasteiger partial charge in [-0.3, -0.25) is 0 Å². The first-order chi connectivity index (χ1) is 16.3. The van der Waals surface area contributed by atoms with E-state index in [0.29, 0.717) is 21.9 Å². The topological polar surface area (TPSA) is 94.8 Å².